The molecule has 3 nitrogen and oxygen atoms in total. The van der Waals surface area contributed by atoms with Gasteiger partial charge in [-0.2, -0.15) is 0 Å². The summed E-state index contributed by atoms with van der Waals surface area (Å²) in [5.41, 5.74) is 0. The van der Waals surface area contributed by atoms with Crippen molar-refractivity contribution >= 4 is 11.7 Å². The maximum absolute atomic E-state index is 12.4. The molecule has 0 aromatic rings. The molecule has 23 heavy (non-hydrogen) atoms. The number of nitrogens with zero attached hydrogens (tertiary/aromatic N) is 1. The fraction of sp³-hybridized carbons (Fsp3) is 0.368. The van der Waals surface area contributed by atoms with Crippen LogP contribution in [0.15, 0.2) is 0 Å². The zero-order valence-corrected chi connectivity index (χ0v) is 15.5. The molecule has 0 spiro atoms. The Morgan fingerprint density at radius 3 is 1.52 bits per heavy atom. The molecule has 1 amide bonds. The molecule has 0 bridgehead atoms. The molecular weight excluding hydrogens is 330 g/mol. The molecule has 0 unspecified atom stereocenters. The first kappa shape index (κ1) is 22.7. The normalized spacial score (nSPS) is 18.6. The average molecular weight is 355 g/mol. The van der Waals surface area contributed by atoms with Crippen LogP contribution in [0.25, 0.3) is 0 Å². The van der Waals surface area contributed by atoms with Gasteiger partial charge in [0.1, 0.15) is 5.78 Å². The summed E-state index contributed by atoms with van der Waals surface area (Å²) >= 11 is 0. The second kappa shape index (κ2) is 11.3. The van der Waals surface area contributed by atoms with Crippen molar-refractivity contribution in [3.8, 4) is 0 Å². The van der Waals surface area contributed by atoms with Crippen molar-refractivity contribution in [2.75, 3.05) is 0 Å². The van der Waals surface area contributed by atoms with Gasteiger partial charge in [0.25, 0.3) is 0 Å². The van der Waals surface area contributed by atoms with E-state index in [9.17, 15) is 9.59 Å². The fourth-order valence-corrected chi connectivity index (χ4v) is 2.44. The van der Waals surface area contributed by atoms with Gasteiger partial charge in [-0.15, -0.1) is 0 Å². The predicted octanol–water partition coefficient (Wildman–Crippen LogP) is 3.02. The van der Waals surface area contributed by atoms with Crippen LogP contribution in [0.1, 0.15) is 34.6 Å². The summed E-state index contributed by atoms with van der Waals surface area (Å²) in [5.74, 6) is 0.900. The fourth-order valence-electron chi connectivity index (χ4n) is 2.44. The third-order valence-corrected chi connectivity index (χ3v) is 3.33. The van der Waals surface area contributed by atoms with Gasteiger partial charge in [-0.1, -0.05) is 0 Å². The molecular formula is C19H25FeNO2+2. The molecule has 2 rings (SSSR count). The SMILES string of the molecule is CC(=O)[C]1[CH][CH][CH][C]1C(=O)N(C(C)C)C(C)C.[CH]1[CH][CH][CH][CH]1.[Fe+2]. The Hall–Kier alpha value is -0.341. The molecule has 10 radical (unpaired) electrons. The van der Waals surface area contributed by atoms with Crippen molar-refractivity contribution in [2.45, 2.75) is 46.7 Å². The number of hydrogen-bond acceptors (Lipinski definition) is 2. The first-order valence-corrected chi connectivity index (χ1v) is 7.62. The summed E-state index contributed by atoms with van der Waals surface area (Å²) < 4.78 is 0. The topological polar surface area (TPSA) is 37.4 Å². The van der Waals surface area contributed by atoms with E-state index < -0.39 is 0 Å². The number of carbonyl (C=O) groups is 2. The van der Waals surface area contributed by atoms with Crippen LogP contribution >= 0.6 is 0 Å². The van der Waals surface area contributed by atoms with Gasteiger partial charge in [0.15, 0.2) is 0 Å². The summed E-state index contributed by atoms with van der Waals surface area (Å²) in [7, 11) is 0. The van der Waals surface area contributed by atoms with Crippen LogP contribution in [0.5, 0.6) is 0 Å². The van der Waals surface area contributed by atoms with E-state index in [2.05, 4.69) is 0 Å². The summed E-state index contributed by atoms with van der Waals surface area (Å²) in [6.07, 6.45) is 15.2. The van der Waals surface area contributed by atoms with Crippen LogP contribution in [0.2, 0.25) is 0 Å². The number of hydrogen-bond donors (Lipinski definition) is 0. The molecule has 124 valence electrons. The maximum atomic E-state index is 12.4. The summed E-state index contributed by atoms with van der Waals surface area (Å²) in [6.45, 7) is 9.41. The van der Waals surface area contributed by atoms with Gasteiger partial charge in [0, 0.05) is 12.1 Å². The molecule has 0 aromatic carbocycles. The number of ketones is 1. The van der Waals surface area contributed by atoms with Gasteiger partial charge in [-0.3, -0.25) is 9.59 Å². The van der Waals surface area contributed by atoms with E-state index in [-0.39, 0.29) is 40.8 Å². The molecule has 0 atom stereocenters. The van der Waals surface area contributed by atoms with Crippen molar-refractivity contribution in [1.82, 2.24) is 4.90 Å². The first-order chi connectivity index (χ1) is 10.4. The van der Waals surface area contributed by atoms with Crippen LogP contribution < -0.4 is 0 Å². The molecule has 2 aliphatic carbocycles. The van der Waals surface area contributed by atoms with Crippen LogP contribution in [0.3, 0.4) is 0 Å². The van der Waals surface area contributed by atoms with E-state index in [1.165, 1.54) is 6.92 Å². The van der Waals surface area contributed by atoms with Crippen molar-refractivity contribution in [3.63, 3.8) is 0 Å². The van der Waals surface area contributed by atoms with E-state index in [1.807, 2.05) is 59.8 Å². The van der Waals surface area contributed by atoms with Crippen molar-refractivity contribution in [2.24, 2.45) is 0 Å². The smallest absolute Gasteiger partial charge is 0.337 e. The number of amides is 1. The molecule has 0 heterocycles. The Labute approximate surface area is 153 Å². The molecule has 0 saturated heterocycles. The minimum Gasteiger partial charge on any atom is -0.337 e. The Kier molecular flexibility index (Phi) is 11.1. The summed E-state index contributed by atoms with van der Waals surface area (Å²) in [5, 5.41) is 0. The minimum atomic E-state index is -0.0646. The van der Waals surface area contributed by atoms with E-state index in [0.29, 0.717) is 11.8 Å². The number of rotatable bonds is 4. The minimum absolute atomic E-state index is 0. The summed E-state index contributed by atoms with van der Waals surface area (Å²) in [4.78, 5) is 25.6. The average Bonchev–Trinajstić information content (AvgIpc) is 3.12. The zero-order valence-electron chi connectivity index (χ0n) is 14.4. The van der Waals surface area contributed by atoms with Crippen LogP contribution in [-0.4, -0.2) is 28.7 Å². The molecule has 2 fully saturated rings. The third-order valence-electron chi connectivity index (χ3n) is 3.33. The number of carbonyl (C=O) groups excluding carboxylic acids is 2. The van der Waals surface area contributed by atoms with Crippen molar-refractivity contribution < 1.29 is 26.7 Å². The molecule has 0 aromatic heterocycles. The second-order valence-corrected chi connectivity index (χ2v) is 5.77. The van der Waals surface area contributed by atoms with E-state index in [4.69, 9.17) is 0 Å². The standard InChI is InChI=1S/C14H20NO2.C5H5.Fe/c1-9(2)15(10(3)4)14(17)13-8-6-7-12(13)11(5)16;1-2-4-5-3-1;/h6-10H,1-5H3;1-5H;/q;;+2. The molecule has 0 aliphatic heterocycles. The van der Waals surface area contributed by atoms with E-state index >= 15 is 0 Å². The first-order valence-electron chi connectivity index (χ1n) is 7.62. The van der Waals surface area contributed by atoms with E-state index in [1.54, 1.807) is 24.2 Å². The second-order valence-electron chi connectivity index (χ2n) is 5.77. The van der Waals surface area contributed by atoms with Gasteiger partial charge in [0.05, 0.1) is 11.8 Å². The van der Waals surface area contributed by atoms with Crippen LogP contribution in [0.4, 0.5) is 0 Å². The van der Waals surface area contributed by atoms with Crippen molar-refractivity contribution in [1.29, 1.82) is 0 Å². The Bertz CT molecular complexity index is 349. The Balaban J connectivity index is 0.000000684. The molecule has 2 saturated carbocycles. The maximum Gasteiger partial charge on any atom is 2.00 e. The largest absolute Gasteiger partial charge is 2.00 e. The monoisotopic (exact) mass is 355 g/mol. The van der Waals surface area contributed by atoms with Crippen LogP contribution in [0, 0.1) is 63.2 Å². The van der Waals surface area contributed by atoms with Gasteiger partial charge in [-0.05, 0) is 86.0 Å². The number of Topliss-reactive ketones (excluding diaryl/α,β-unsaturated/α-hetero) is 1. The molecule has 0 N–H and O–H groups in total. The van der Waals surface area contributed by atoms with E-state index in [0.717, 1.165) is 0 Å². The third kappa shape index (κ3) is 6.97. The Morgan fingerprint density at radius 2 is 1.17 bits per heavy atom. The molecule has 2 aliphatic rings. The van der Waals surface area contributed by atoms with Crippen molar-refractivity contribution in [3.05, 3.63) is 63.2 Å². The van der Waals surface area contributed by atoms with Gasteiger partial charge >= 0.3 is 17.1 Å². The summed E-state index contributed by atoms with van der Waals surface area (Å²) in [6, 6.07) is 0.245. The van der Waals surface area contributed by atoms with Gasteiger partial charge in [0.2, 0.25) is 5.91 Å². The van der Waals surface area contributed by atoms with Gasteiger partial charge < -0.3 is 4.90 Å². The Morgan fingerprint density at radius 1 is 0.783 bits per heavy atom. The zero-order chi connectivity index (χ0) is 16.7. The van der Waals surface area contributed by atoms with Gasteiger partial charge in [-0.25, -0.2) is 0 Å². The quantitative estimate of drug-likeness (QED) is 0.727. The molecule has 4 heteroatoms. The predicted molar refractivity (Wildman–Crippen MR) is 88.7 cm³/mol. The van der Waals surface area contributed by atoms with Crippen LogP contribution in [-0.2, 0) is 26.7 Å².